The van der Waals surface area contributed by atoms with Crippen LogP contribution in [0.3, 0.4) is 0 Å². The van der Waals surface area contributed by atoms with E-state index < -0.39 is 11.0 Å². The lowest BCUT2D eigenvalue weighted by Gasteiger charge is -2.42. The molecule has 17 heavy (non-hydrogen) atoms. The Balaban J connectivity index is 2.26. The molecule has 0 bridgehead atoms. The standard InChI is InChI=1S/C12H14Cl2NO2/c13-11-7-17-8-12(14)15(11,9-16)6-10-4-2-1-3-5-10/h1-5,9,11-12H,6-8H2/q+1. The van der Waals surface area contributed by atoms with Crippen molar-refractivity contribution in [3.05, 3.63) is 35.9 Å². The summed E-state index contributed by atoms with van der Waals surface area (Å²) in [7, 11) is 0. The normalized spacial score (nSPS) is 33.3. The second-order valence-electron chi connectivity index (χ2n) is 4.15. The first-order chi connectivity index (χ1) is 8.19. The molecule has 0 radical (unpaired) electrons. The van der Waals surface area contributed by atoms with Crippen LogP contribution in [0.15, 0.2) is 30.3 Å². The third-order valence-electron chi connectivity index (χ3n) is 3.05. The molecule has 1 saturated heterocycles. The molecule has 1 aliphatic rings. The molecule has 0 N–H and O–H groups in total. The maximum atomic E-state index is 11.5. The van der Waals surface area contributed by atoms with Crippen molar-refractivity contribution in [1.29, 1.82) is 0 Å². The van der Waals surface area contributed by atoms with Gasteiger partial charge in [0.25, 0.3) is 0 Å². The highest BCUT2D eigenvalue weighted by atomic mass is 35.5. The van der Waals surface area contributed by atoms with Gasteiger partial charge in [-0.25, -0.2) is 9.28 Å². The van der Waals surface area contributed by atoms with Gasteiger partial charge in [0, 0.05) is 5.56 Å². The molecule has 1 aliphatic heterocycles. The monoisotopic (exact) mass is 274 g/mol. The Kier molecular flexibility index (Phi) is 4.05. The first-order valence-electron chi connectivity index (χ1n) is 5.42. The van der Waals surface area contributed by atoms with Crippen molar-refractivity contribution < 1.29 is 14.0 Å². The van der Waals surface area contributed by atoms with Gasteiger partial charge in [-0.3, -0.25) is 0 Å². The van der Waals surface area contributed by atoms with Crippen LogP contribution in [0.5, 0.6) is 0 Å². The summed E-state index contributed by atoms with van der Waals surface area (Å²) in [4.78, 5) is 11.5. The van der Waals surface area contributed by atoms with Crippen molar-refractivity contribution in [1.82, 2.24) is 0 Å². The van der Waals surface area contributed by atoms with Gasteiger partial charge in [0.05, 0.1) is 0 Å². The molecule has 1 fully saturated rings. The Hall–Kier alpha value is -0.610. The molecule has 2 unspecified atom stereocenters. The van der Waals surface area contributed by atoms with Gasteiger partial charge in [0.1, 0.15) is 19.8 Å². The third kappa shape index (κ3) is 2.47. The van der Waals surface area contributed by atoms with Crippen LogP contribution in [-0.4, -0.2) is 35.1 Å². The molecular formula is C12H14Cl2NO2+. The number of halogens is 2. The van der Waals surface area contributed by atoms with E-state index in [1.54, 1.807) is 0 Å². The van der Waals surface area contributed by atoms with E-state index in [9.17, 15) is 4.79 Å². The van der Waals surface area contributed by atoms with Crippen LogP contribution in [0.4, 0.5) is 0 Å². The zero-order valence-corrected chi connectivity index (χ0v) is 10.8. The molecule has 0 aliphatic carbocycles. The summed E-state index contributed by atoms with van der Waals surface area (Å²) in [6, 6.07) is 9.73. The first kappa shape index (κ1) is 12.8. The summed E-state index contributed by atoms with van der Waals surface area (Å²) < 4.78 is 5.26. The Morgan fingerprint density at radius 2 is 1.82 bits per heavy atom. The fourth-order valence-electron chi connectivity index (χ4n) is 1.98. The molecule has 1 amide bonds. The number of benzene rings is 1. The van der Waals surface area contributed by atoms with E-state index in [4.69, 9.17) is 27.9 Å². The van der Waals surface area contributed by atoms with E-state index in [2.05, 4.69) is 0 Å². The van der Waals surface area contributed by atoms with Gasteiger partial charge in [-0.15, -0.1) is 0 Å². The van der Waals surface area contributed by atoms with Crippen LogP contribution in [-0.2, 0) is 16.1 Å². The highest BCUT2D eigenvalue weighted by molar-refractivity contribution is 6.22. The molecule has 2 atom stereocenters. The van der Waals surface area contributed by atoms with Crippen molar-refractivity contribution in [2.45, 2.75) is 17.5 Å². The number of ether oxygens (including phenoxy) is 1. The van der Waals surface area contributed by atoms with E-state index in [0.717, 1.165) is 12.0 Å². The zero-order chi connectivity index (χ0) is 12.3. The fraction of sp³-hybridized carbons (Fsp3) is 0.417. The van der Waals surface area contributed by atoms with Crippen LogP contribution < -0.4 is 0 Å². The second kappa shape index (κ2) is 5.36. The van der Waals surface area contributed by atoms with Crippen LogP contribution in [0.2, 0.25) is 0 Å². The fourth-order valence-corrected chi connectivity index (χ4v) is 2.72. The van der Waals surface area contributed by atoms with E-state index in [1.165, 1.54) is 0 Å². The number of morpholine rings is 1. The topological polar surface area (TPSA) is 26.3 Å². The first-order valence-corrected chi connectivity index (χ1v) is 6.29. The van der Waals surface area contributed by atoms with Crippen LogP contribution in [0, 0.1) is 0 Å². The minimum atomic E-state index is -0.441. The number of amides is 1. The zero-order valence-electron chi connectivity index (χ0n) is 9.26. The van der Waals surface area contributed by atoms with Crippen molar-refractivity contribution in [3.8, 4) is 0 Å². The van der Waals surface area contributed by atoms with E-state index in [1.807, 2.05) is 30.3 Å². The van der Waals surface area contributed by atoms with Gasteiger partial charge < -0.3 is 4.74 Å². The van der Waals surface area contributed by atoms with E-state index >= 15 is 0 Å². The minimum Gasteiger partial charge on any atom is -0.366 e. The smallest absolute Gasteiger partial charge is 0.304 e. The quantitative estimate of drug-likeness (QED) is 0.366. The molecule has 2 rings (SSSR count). The SMILES string of the molecule is O=C[N+]1(Cc2ccccc2)C(Cl)COCC1Cl. The summed E-state index contributed by atoms with van der Waals surface area (Å²) in [5.74, 6) is 0. The molecule has 0 spiro atoms. The van der Waals surface area contributed by atoms with Crippen LogP contribution in [0.1, 0.15) is 5.56 Å². The van der Waals surface area contributed by atoms with Gasteiger partial charge in [0.2, 0.25) is 0 Å². The summed E-state index contributed by atoms with van der Waals surface area (Å²) in [5.41, 5.74) is 0.158. The maximum Gasteiger partial charge on any atom is 0.304 e. The molecule has 5 heteroatoms. The average Bonchev–Trinajstić information content (AvgIpc) is 2.35. The summed E-state index contributed by atoms with van der Waals surface area (Å²) in [5, 5.41) is 0. The van der Waals surface area contributed by atoms with Gasteiger partial charge in [0.15, 0.2) is 11.0 Å². The van der Waals surface area contributed by atoms with E-state index in [0.29, 0.717) is 19.8 Å². The molecule has 1 aromatic carbocycles. The molecule has 0 saturated carbocycles. The lowest BCUT2D eigenvalue weighted by molar-refractivity contribution is -0.891. The molecule has 1 aromatic rings. The number of carbonyl (C=O) groups excluding carboxylic acids is 1. The van der Waals surface area contributed by atoms with Gasteiger partial charge in [-0.1, -0.05) is 53.5 Å². The lowest BCUT2D eigenvalue weighted by atomic mass is 10.2. The number of rotatable bonds is 3. The van der Waals surface area contributed by atoms with Gasteiger partial charge in [-0.2, -0.15) is 0 Å². The van der Waals surface area contributed by atoms with Crippen molar-refractivity contribution in [2.75, 3.05) is 13.2 Å². The molecular weight excluding hydrogens is 261 g/mol. The molecule has 92 valence electrons. The number of alkyl halides is 2. The molecule has 3 nitrogen and oxygen atoms in total. The predicted octanol–water partition coefficient (Wildman–Crippen LogP) is 2.32. The highest BCUT2D eigenvalue weighted by Crippen LogP contribution is 2.30. The Morgan fingerprint density at radius 1 is 1.24 bits per heavy atom. The van der Waals surface area contributed by atoms with Crippen LogP contribution >= 0.6 is 23.2 Å². The summed E-state index contributed by atoms with van der Waals surface area (Å²) >= 11 is 12.4. The third-order valence-corrected chi connectivity index (χ3v) is 4.03. The number of quaternary nitrogens is 1. The summed E-state index contributed by atoms with van der Waals surface area (Å²) in [6.45, 7) is 1.18. The second-order valence-corrected chi connectivity index (χ2v) is 5.16. The molecule has 0 aromatic heterocycles. The Morgan fingerprint density at radius 3 is 2.35 bits per heavy atom. The van der Waals surface area contributed by atoms with Crippen LogP contribution in [0.25, 0.3) is 0 Å². The minimum absolute atomic E-state index is 0.00707. The van der Waals surface area contributed by atoms with Crippen molar-refractivity contribution in [3.63, 3.8) is 0 Å². The lowest BCUT2D eigenvalue weighted by Crippen LogP contribution is -2.62. The Bertz CT molecular complexity index is 375. The number of hydrogen-bond acceptors (Lipinski definition) is 2. The number of carbonyl (C=O) groups is 1. The predicted molar refractivity (Wildman–Crippen MR) is 66.6 cm³/mol. The number of nitrogens with zero attached hydrogens (tertiary/aromatic N) is 1. The van der Waals surface area contributed by atoms with Gasteiger partial charge in [-0.05, 0) is 0 Å². The van der Waals surface area contributed by atoms with Crippen molar-refractivity contribution in [2.24, 2.45) is 0 Å². The number of hydrogen-bond donors (Lipinski definition) is 0. The maximum absolute atomic E-state index is 11.5. The largest absolute Gasteiger partial charge is 0.366 e. The molecule has 1 heterocycles. The Labute approximate surface area is 110 Å². The summed E-state index contributed by atoms with van der Waals surface area (Å²) in [6.07, 6.45) is 0.838. The van der Waals surface area contributed by atoms with E-state index in [-0.39, 0.29) is 4.48 Å². The highest BCUT2D eigenvalue weighted by Gasteiger charge is 2.46. The van der Waals surface area contributed by atoms with Crippen molar-refractivity contribution >= 4 is 29.6 Å². The van der Waals surface area contributed by atoms with Gasteiger partial charge >= 0.3 is 6.41 Å². The average molecular weight is 275 g/mol.